The lowest BCUT2D eigenvalue weighted by Gasteiger charge is -2.30. The number of hydrogen-bond acceptors (Lipinski definition) is 13. The van der Waals surface area contributed by atoms with Crippen LogP contribution in [0.5, 0.6) is 0 Å². The van der Waals surface area contributed by atoms with Gasteiger partial charge in [0.05, 0.1) is 12.6 Å². The monoisotopic (exact) mass is 793 g/mol. The van der Waals surface area contributed by atoms with E-state index >= 15 is 0 Å². The van der Waals surface area contributed by atoms with E-state index in [4.69, 9.17) is 21.1 Å². The van der Waals surface area contributed by atoms with Gasteiger partial charge < -0.3 is 26.0 Å². The molecule has 3 amide bonds. The second kappa shape index (κ2) is 25.0. The van der Waals surface area contributed by atoms with E-state index in [9.17, 15) is 19.2 Å². The van der Waals surface area contributed by atoms with Gasteiger partial charge >= 0.3 is 0 Å². The number of aliphatic imine (C=N–C) groups is 2. The Hall–Kier alpha value is -5.22. The van der Waals surface area contributed by atoms with Gasteiger partial charge in [-0.1, -0.05) is 29.8 Å². The zero-order chi connectivity index (χ0) is 41.6. The largest absolute Gasteiger partial charge is 0.490 e. The topological polar surface area (TPSA) is 191 Å². The molecular weight excluding hydrogens is 738 g/mol. The normalized spacial score (nSPS) is 15.4. The third-order valence-electron chi connectivity index (χ3n) is 8.96. The second-order valence-electron chi connectivity index (χ2n) is 13.2. The number of halogens is 1. The molecule has 5 N–H and O–H groups in total. The van der Waals surface area contributed by atoms with Crippen LogP contribution >= 0.6 is 11.6 Å². The van der Waals surface area contributed by atoms with Gasteiger partial charge in [0, 0.05) is 74.9 Å². The predicted molar refractivity (Wildman–Crippen MR) is 224 cm³/mol. The molecule has 15 nitrogen and oxygen atoms in total. The molecule has 2 aromatic carbocycles. The summed E-state index contributed by atoms with van der Waals surface area (Å²) >= 11 is 6.64. The summed E-state index contributed by atoms with van der Waals surface area (Å²) in [7, 11) is 9.66. The average molecular weight is 794 g/mol. The number of likely N-dealkylation sites (N-methyl/N-ethyl adjacent to an activating group) is 1. The highest BCUT2D eigenvalue weighted by atomic mass is 35.5. The van der Waals surface area contributed by atoms with Crippen molar-refractivity contribution in [2.75, 3.05) is 65.2 Å². The summed E-state index contributed by atoms with van der Waals surface area (Å²) in [4.78, 5) is 70.9. The Labute approximate surface area is 335 Å². The number of allylic oxidation sites excluding steroid dienone is 2. The van der Waals surface area contributed by atoms with E-state index in [1.165, 1.54) is 0 Å². The molecule has 2 unspecified atom stereocenters. The lowest BCUT2D eigenvalue weighted by Crippen LogP contribution is -2.51. The number of rotatable bonds is 22. The number of carbonyl (C=O) groups is 5. The summed E-state index contributed by atoms with van der Waals surface area (Å²) < 4.78 is 5.44. The Kier molecular flexibility index (Phi) is 21.0. The van der Waals surface area contributed by atoms with Gasteiger partial charge in [0.1, 0.15) is 17.1 Å². The summed E-state index contributed by atoms with van der Waals surface area (Å²) in [6.07, 6.45) is 7.42. The number of anilines is 2. The first-order valence-corrected chi connectivity index (χ1v) is 18.6. The van der Waals surface area contributed by atoms with Crippen molar-refractivity contribution < 1.29 is 28.7 Å². The predicted octanol–water partition coefficient (Wildman–Crippen LogP) is 3.57. The molecule has 1 aliphatic heterocycles. The number of piperidine rings is 1. The smallest absolute Gasteiger partial charge is 0.243 e. The van der Waals surface area contributed by atoms with E-state index in [2.05, 4.69) is 50.3 Å². The van der Waals surface area contributed by atoms with Gasteiger partial charge in [-0.2, -0.15) is 0 Å². The Morgan fingerprint density at radius 3 is 2.43 bits per heavy atom. The van der Waals surface area contributed by atoms with Crippen molar-refractivity contribution in [2.24, 2.45) is 15.7 Å². The molecule has 1 heterocycles. The number of carbonyl (C=O) groups excluding carboxylic acids is 5. The van der Waals surface area contributed by atoms with Crippen LogP contribution in [-0.4, -0.2) is 121 Å². The van der Waals surface area contributed by atoms with Crippen LogP contribution in [-0.2, 0) is 37.0 Å². The third kappa shape index (κ3) is 15.1. The van der Waals surface area contributed by atoms with Gasteiger partial charge in [-0.05, 0) is 96.0 Å². The molecule has 0 spiro atoms. The average Bonchev–Trinajstić information content (AvgIpc) is 3.16. The van der Waals surface area contributed by atoms with Crippen molar-refractivity contribution in [3.63, 3.8) is 0 Å². The van der Waals surface area contributed by atoms with Gasteiger partial charge in [0.25, 0.3) is 0 Å². The minimum absolute atomic E-state index is 0.187. The zero-order valence-electron chi connectivity index (χ0n) is 33.2. The lowest BCUT2D eigenvalue weighted by molar-refractivity contribution is -0.137. The molecule has 1 fully saturated rings. The van der Waals surface area contributed by atoms with Gasteiger partial charge in [-0.25, -0.2) is 4.99 Å². The number of aldehydes is 2. The third-order valence-corrected chi connectivity index (χ3v) is 9.23. The number of nitrogens with one attached hydrogen (secondary N) is 3. The molecule has 2 aromatic rings. The van der Waals surface area contributed by atoms with Crippen molar-refractivity contribution >= 4 is 72.8 Å². The van der Waals surface area contributed by atoms with Gasteiger partial charge in [-0.15, -0.1) is 0 Å². The fourth-order valence-electron chi connectivity index (χ4n) is 6.13. The summed E-state index contributed by atoms with van der Waals surface area (Å²) in [5.41, 5.74) is 8.97. The minimum atomic E-state index is -0.434. The van der Waals surface area contributed by atoms with Crippen molar-refractivity contribution in [2.45, 2.75) is 57.8 Å². The van der Waals surface area contributed by atoms with E-state index < -0.39 is 6.04 Å². The van der Waals surface area contributed by atoms with E-state index in [0.717, 1.165) is 48.1 Å². The highest BCUT2D eigenvalue weighted by Gasteiger charge is 2.30. The molecule has 1 aliphatic rings. The molecule has 0 aliphatic carbocycles. The summed E-state index contributed by atoms with van der Waals surface area (Å²) in [6, 6.07) is 11.2. The van der Waals surface area contributed by atoms with Crippen molar-refractivity contribution in [3.05, 3.63) is 75.3 Å². The molecular formula is C40H56ClN9O6. The highest BCUT2D eigenvalue weighted by molar-refractivity contribution is 6.39. The quantitative estimate of drug-likeness (QED) is 0.0448. The molecule has 0 saturated carbocycles. The number of ether oxygens (including phenoxy) is 1. The number of nitrogens with zero attached hydrogens (tertiary/aromatic N) is 5. The number of imide groups is 1. The molecule has 0 bridgehead atoms. The number of hydrogen-bond donors (Lipinski definition) is 4. The van der Waals surface area contributed by atoms with Crippen molar-refractivity contribution in [3.8, 4) is 0 Å². The first kappa shape index (κ1) is 46.9. The standard InChI is InChI=1S/C39H53ClN8O5.CH3NO/c1-8-53-33(26-50)21-29-20-31(11-12-35(29)46(4)5)44-38(42-3)34(40)22-43-18-16-32(15-17-41-2)47(6)23-27-9-10-28(25-49)30(19-27)24-48(7)36-13-14-37(51)45-39(36)52;2-1-3/h9-12,19-22,25-26,32,36,41,44H,3,8,13-18,23-24H2,1-2,4-7H3,(H,45,51,52);1H,(H2,2,3)/b33-21+,38-34-,43-22?;. The Bertz CT molecular complexity index is 1750. The Balaban J connectivity index is 0.00000349. The van der Waals surface area contributed by atoms with Gasteiger partial charge in [0.2, 0.25) is 18.2 Å². The maximum Gasteiger partial charge on any atom is 0.243 e. The second-order valence-corrected chi connectivity index (χ2v) is 13.6. The fourth-order valence-corrected chi connectivity index (χ4v) is 6.31. The van der Waals surface area contributed by atoms with Crippen LogP contribution in [0.15, 0.2) is 63.0 Å². The molecule has 2 atom stereocenters. The van der Waals surface area contributed by atoms with E-state index in [1.54, 1.807) is 12.3 Å². The highest BCUT2D eigenvalue weighted by Crippen LogP contribution is 2.27. The first-order valence-electron chi connectivity index (χ1n) is 18.2. The summed E-state index contributed by atoms with van der Waals surface area (Å²) in [6.45, 7) is 8.26. The maximum absolute atomic E-state index is 12.4. The minimum Gasteiger partial charge on any atom is -0.490 e. The Morgan fingerprint density at radius 1 is 1.09 bits per heavy atom. The molecule has 0 aromatic heterocycles. The van der Waals surface area contributed by atoms with Crippen LogP contribution in [0.1, 0.15) is 59.7 Å². The summed E-state index contributed by atoms with van der Waals surface area (Å²) in [5, 5.41) is 9.14. The number of primary amides is 1. The first-order chi connectivity index (χ1) is 26.8. The lowest BCUT2D eigenvalue weighted by atomic mass is 10.0. The van der Waals surface area contributed by atoms with E-state index in [1.807, 2.05) is 81.3 Å². The maximum atomic E-state index is 12.4. The number of benzene rings is 2. The van der Waals surface area contributed by atoms with Gasteiger partial charge in [-0.3, -0.25) is 44.1 Å². The molecule has 0 radical (unpaired) electrons. The zero-order valence-corrected chi connectivity index (χ0v) is 34.0. The molecule has 304 valence electrons. The number of nitrogens with two attached hydrogens (primary N) is 1. The number of amides is 3. The molecule has 3 rings (SSSR count). The molecule has 56 heavy (non-hydrogen) atoms. The SMILES string of the molecule is C=N/C(Nc1ccc(N(C)C)c(/C=C(\C=O)OCC)c1)=C(/Cl)C=NCCC(CCNC)N(C)Cc1ccc(C=O)c(CN(C)C2CCC(=O)NC2=O)c1.NC=O. The Morgan fingerprint density at radius 2 is 1.82 bits per heavy atom. The van der Waals surface area contributed by atoms with Crippen LogP contribution < -0.4 is 26.6 Å². The fraction of sp³-hybridized carbons (Fsp3) is 0.425. The van der Waals surface area contributed by atoms with Crippen LogP contribution in [0.25, 0.3) is 6.08 Å². The van der Waals surface area contributed by atoms with Crippen LogP contribution in [0, 0.1) is 0 Å². The van der Waals surface area contributed by atoms with E-state index in [-0.39, 0.29) is 30.0 Å². The molecule has 16 heteroatoms. The van der Waals surface area contributed by atoms with Crippen molar-refractivity contribution in [1.82, 2.24) is 20.4 Å². The van der Waals surface area contributed by atoms with Gasteiger partial charge in [0.15, 0.2) is 12.0 Å². The van der Waals surface area contributed by atoms with Crippen LogP contribution in [0.2, 0.25) is 0 Å². The molecule has 1 saturated heterocycles. The van der Waals surface area contributed by atoms with Crippen molar-refractivity contribution in [1.29, 1.82) is 0 Å². The van der Waals surface area contributed by atoms with Crippen LogP contribution in [0.4, 0.5) is 11.4 Å². The van der Waals surface area contributed by atoms with E-state index in [0.29, 0.717) is 67.5 Å². The van der Waals surface area contributed by atoms with Crippen LogP contribution in [0.3, 0.4) is 0 Å². The summed E-state index contributed by atoms with van der Waals surface area (Å²) in [5.74, 6) is -0.00119.